The number of anilines is 1. The minimum atomic E-state index is -0.288. The molecule has 0 aromatic heterocycles. The summed E-state index contributed by atoms with van der Waals surface area (Å²) < 4.78 is 22.9. The lowest BCUT2D eigenvalue weighted by Gasteiger charge is -2.36. The fourth-order valence-electron chi connectivity index (χ4n) is 6.30. The van der Waals surface area contributed by atoms with Gasteiger partial charge in [-0.25, -0.2) is 0 Å². The summed E-state index contributed by atoms with van der Waals surface area (Å²) in [7, 11) is 3.55. The molecule has 0 unspecified atom stereocenters. The smallest absolute Gasteiger partial charge is 0.142 e. The van der Waals surface area contributed by atoms with Gasteiger partial charge in [0.2, 0.25) is 0 Å². The normalized spacial score (nSPS) is 26.1. The van der Waals surface area contributed by atoms with Gasteiger partial charge in [0.1, 0.15) is 18.1 Å². The van der Waals surface area contributed by atoms with Gasteiger partial charge in [-0.3, -0.25) is 4.79 Å². The molecule has 214 valence electrons. The van der Waals surface area contributed by atoms with Crippen LogP contribution in [0.5, 0.6) is 5.75 Å². The highest BCUT2D eigenvalue weighted by atomic mass is 16.5. The Balaban J connectivity index is 1.19. The number of methoxy groups -OCH3 is 2. The molecule has 2 fully saturated rings. The molecule has 0 bridgehead atoms. The minimum Gasteiger partial charge on any atom is -0.490 e. The monoisotopic (exact) mass is 530 g/mol. The Bertz CT molecular complexity index is 875. The summed E-state index contributed by atoms with van der Waals surface area (Å²) in [6, 6.07) is 6.79. The zero-order valence-electron chi connectivity index (χ0n) is 24.1. The van der Waals surface area contributed by atoms with Crippen LogP contribution in [0.15, 0.2) is 18.2 Å². The summed E-state index contributed by atoms with van der Waals surface area (Å²) in [6.45, 7) is 9.09. The molecular formula is C31H50N2O5. The highest BCUT2D eigenvalue weighted by Gasteiger charge is 2.34. The van der Waals surface area contributed by atoms with Gasteiger partial charge in [0.05, 0.1) is 31.0 Å². The number of benzene rings is 1. The van der Waals surface area contributed by atoms with Crippen molar-refractivity contribution in [3.8, 4) is 5.75 Å². The first kappa shape index (κ1) is 29.3. The van der Waals surface area contributed by atoms with Crippen molar-refractivity contribution in [1.82, 2.24) is 5.32 Å². The van der Waals surface area contributed by atoms with Gasteiger partial charge >= 0.3 is 0 Å². The van der Waals surface area contributed by atoms with Gasteiger partial charge in [0.25, 0.3) is 0 Å². The zero-order valence-corrected chi connectivity index (χ0v) is 24.1. The maximum atomic E-state index is 13.2. The lowest BCUT2D eigenvalue weighted by atomic mass is 9.74. The summed E-state index contributed by atoms with van der Waals surface area (Å²) in [5.41, 5.74) is 2.05. The standard InChI is InChI=1S/C31H50N2O5/c1-31(2,30(34)19-23-6-10-26(36-4)11-7-23)20-25-9-12-27(21-32-25)38-22-24-8-13-29-28(18-24)33(15-17-37-29)14-5-16-35-3/h8,13,18,23,25-27,32H,5-7,9-12,14-17,19-22H2,1-4H3/t23?,25-,26?,27+/m0/s1. The van der Waals surface area contributed by atoms with Crippen LogP contribution in [0.3, 0.4) is 0 Å². The fraction of sp³-hybridized carbons (Fsp3) is 0.774. The Morgan fingerprint density at radius 3 is 2.61 bits per heavy atom. The number of nitrogens with one attached hydrogen (secondary N) is 1. The second kappa shape index (κ2) is 14.1. The first-order valence-corrected chi connectivity index (χ1v) is 14.8. The average Bonchev–Trinajstić information content (AvgIpc) is 2.93. The van der Waals surface area contributed by atoms with Crippen LogP contribution >= 0.6 is 0 Å². The highest BCUT2D eigenvalue weighted by Crippen LogP contribution is 2.35. The van der Waals surface area contributed by atoms with Crippen molar-refractivity contribution in [3.63, 3.8) is 0 Å². The van der Waals surface area contributed by atoms with Gasteiger partial charge in [-0.1, -0.05) is 19.9 Å². The van der Waals surface area contributed by atoms with Gasteiger partial charge in [-0.2, -0.15) is 0 Å². The van der Waals surface area contributed by atoms with E-state index in [0.29, 0.717) is 30.5 Å². The molecule has 1 aliphatic carbocycles. The number of fused-ring (bicyclic) bond motifs is 1. The lowest BCUT2D eigenvalue weighted by molar-refractivity contribution is -0.129. The molecule has 7 nitrogen and oxygen atoms in total. The number of carbonyl (C=O) groups excluding carboxylic acids is 1. The Kier molecular flexibility index (Phi) is 10.9. The summed E-state index contributed by atoms with van der Waals surface area (Å²) in [4.78, 5) is 15.6. The summed E-state index contributed by atoms with van der Waals surface area (Å²) in [5, 5.41) is 3.69. The van der Waals surface area contributed by atoms with Crippen LogP contribution in [0, 0.1) is 11.3 Å². The molecule has 1 saturated carbocycles. The van der Waals surface area contributed by atoms with Crippen LogP contribution in [0.1, 0.15) is 77.2 Å². The Morgan fingerprint density at radius 1 is 1.11 bits per heavy atom. The molecule has 2 heterocycles. The molecule has 2 atom stereocenters. The zero-order chi connectivity index (χ0) is 27.0. The molecule has 3 aliphatic rings. The third-order valence-electron chi connectivity index (χ3n) is 8.83. The second-order valence-electron chi connectivity index (χ2n) is 12.2. The molecule has 1 saturated heterocycles. The number of nitrogens with zero attached hydrogens (tertiary/aromatic N) is 1. The molecule has 1 aromatic carbocycles. The van der Waals surface area contributed by atoms with Crippen molar-refractivity contribution >= 4 is 11.5 Å². The van der Waals surface area contributed by atoms with E-state index in [4.69, 9.17) is 18.9 Å². The minimum absolute atomic E-state index is 0.200. The molecule has 0 spiro atoms. The number of Topliss-reactive ketones (excluding diaryl/α,β-unsaturated/α-hetero) is 1. The van der Waals surface area contributed by atoms with Crippen LogP contribution in [0.4, 0.5) is 5.69 Å². The topological polar surface area (TPSA) is 69.3 Å². The van der Waals surface area contributed by atoms with Crippen LogP contribution in [-0.4, -0.2) is 71.1 Å². The van der Waals surface area contributed by atoms with E-state index in [-0.39, 0.29) is 11.5 Å². The van der Waals surface area contributed by atoms with E-state index < -0.39 is 0 Å². The first-order valence-electron chi connectivity index (χ1n) is 14.8. The number of ketones is 1. The largest absolute Gasteiger partial charge is 0.490 e. The maximum absolute atomic E-state index is 13.2. The number of piperidine rings is 1. The van der Waals surface area contributed by atoms with Gasteiger partial charge < -0.3 is 29.2 Å². The molecule has 7 heteroatoms. The van der Waals surface area contributed by atoms with Crippen LogP contribution in [0.25, 0.3) is 0 Å². The summed E-state index contributed by atoms with van der Waals surface area (Å²) in [5.74, 6) is 1.91. The Labute approximate surface area is 229 Å². The van der Waals surface area contributed by atoms with E-state index in [1.807, 2.05) is 0 Å². The van der Waals surface area contributed by atoms with E-state index in [0.717, 1.165) is 102 Å². The van der Waals surface area contributed by atoms with Crippen molar-refractivity contribution in [2.45, 2.75) is 96.5 Å². The van der Waals surface area contributed by atoms with Crippen molar-refractivity contribution in [3.05, 3.63) is 23.8 Å². The maximum Gasteiger partial charge on any atom is 0.142 e. The molecule has 4 rings (SSSR count). The first-order chi connectivity index (χ1) is 18.4. The van der Waals surface area contributed by atoms with Crippen LogP contribution < -0.4 is 15.0 Å². The molecule has 0 amide bonds. The van der Waals surface area contributed by atoms with Crippen LogP contribution in [0.2, 0.25) is 0 Å². The van der Waals surface area contributed by atoms with E-state index in [1.165, 1.54) is 5.56 Å². The number of rotatable bonds is 13. The van der Waals surface area contributed by atoms with Gasteiger partial charge in [0, 0.05) is 51.8 Å². The average molecular weight is 531 g/mol. The van der Waals surface area contributed by atoms with Gasteiger partial charge in [-0.15, -0.1) is 0 Å². The van der Waals surface area contributed by atoms with E-state index in [1.54, 1.807) is 14.2 Å². The third-order valence-corrected chi connectivity index (χ3v) is 8.83. The van der Waals surface area contributed by atoms with Crippen molar-refractivity contribution < 1.29 is 23.7 Å². The molecule has 0 radical (unpaired) electrons. The lowest BCUT2D eigenvalue weighted by Crippen LogP contribution is -2.45. The predicted octanol–water partition coefficient (Wildman–Crippen LogP) is 5.14. The SMILES string of the molecule is COCCCN1CCOc2ccc(CO[C@@H]3CC[C@@H](CC(C)(C)C(=O)CC4CCC(OC)CC4)NC3)cc21. The predicted molar refractivity (Wildman–Crippen MR) is 151 cm³/mol. The highest BCUT2D eigenvalue weighted by molar-refractivity contribution is 5.84. The molecule has 2 aliphatic heterocycles. The van der Waals surface area contributed by atoms with E-state index >= 15 is 0 Å². The quantitative estimate of drug-likeness (QED) is 0.354. The van der Waals surface area contributed by atoms with E-state index in [9.17, 15) is 4.79 Å². The van der Waals surface area contributed by atoms with Crippen molar-refractivity contribution in [2.75, 3.05) is 52.0 Å². The van der Waals surface area contributed by atoms with Crippen LogP contribution in [-0.2, 0) is 25.6 Å². The van der Waals surface area contributed by atoms with Gasteiger partial charge in [-0.05, 0) is 75.0 Å². The third kappa shape index (κ3) is 8.17. The molecule has 38 heavy (non-hydrogen) atoms. The number of hydrogen-bond acceptors (Lipinski definition) is 7. The number of hydrogen-bond donors (Lipinski definition) is 1. The molecule has 1 N–H and O–H groups in total. The summed E-state index contributed by atoms with van der Waals surface area (Å²) in [6.07, 6.45) is 9.69. The molecular weight excluding hydrogens is 480 g/mol. The number of ether oxygens (including phenoxy) is 4. The Morgan fingerprint density at radius 2 is 1.89 bits per heavy atom. The fourth-order valence-corrected chi connectivity index (χ4v) is 6.30. The molecule has 1 aromatic rings. The van der Waals surface area contributed by atoms with Gasteiger partial charge in [0.15, 0.2) is 0 Å². The second-order valence-corrected chi connectivity index (χ2v) is 12.2. The van der Waals surface area contributed by atoms with Crippen molar-refractivity contribution in [1.29, 1.82) is 0 Å². The van der Waals surface area contributed by atoms with Crippen molar-refractivity contribution in [2.24, 2.45) is 11.3 Å². The summed E-state index contributed by atoms with van der Waals surface area (Å²) >= 11 is 0. The van der Waals surface area contributed by atoms with E-state index in [2.05, 4.69) is 42.3 Å². The number of carbonyl (C=O) groups is 1. The Hall–Kier alpha value is -1.67.